The Balaban J connectivity index is 2.38. The summed E-state index contributed by atoms with van der Waals surface area (Å²) in [6, 6.07) is 4.13. The fourth-order valence-corrected chi connectivity index (χ4v) is 3.90. The fourth-order valence-electron chi connectivity index (χ4n) is 1.93. The van der Waals surface area contributed by atoms with Crippen LogP contribution in [0.1, 0.15) is 32.9 Å². The van der Waals surface area contributed by atoms with Crippen LogP contribution in [0.2, 0.25) is 0 Å². The molecule has 0 unspecified atom stereocenters. The first-order chi connectivity index (χ1) is 9.99. The smallest absolute Gasteiger partial charge is 0.171 e. The van der Waals surface area contributed by atoms with Crippen LogP contribution in [0.4, 0.5) is 5.82 Å². The van der Waals surface area contributed by atoms with E-state index in [1.54, 1.807) is 11.3 Å². The third kappa shape index (κ3) is 4.76. The highest BCUT2D eigenvalue weighted by Crippen LogP contribution is 2.37. The predicted molar refractivity (Wildman–Crippen MR) is 98.1 cm³/mol. The molecule has 3 nitrogen and oxygen atoms in total. The van der Waals surface area contributed by atoms with Crippen molar-refractivity contribution in [1.82, 2.24) is 9.97 Å². The van der Waals surface area contributed by atoms with Crippen LogP contribution < -0.4 is 5.32 Å². The Labute approximate surface area is 146 Å². The van der Waals surface area contributed by atoms with E-state index in [2.05, 4.69) is 75.1 Å². The molecule has 0 aliphatic carbocycles. The van der Waals surface area contributed by atoms with E-state index in [0.29, 0.717) is 5.92 Å². The lowest BCUT2D eigenvalue weighted by atomic mass is 10.1. The Kier molecular flexibility index (Phi) is 6.20. The van der Waals surface area contributed by atoms with Gasteiger partial charge >= 0.3 is 0 Å². The van der Waals surface area contributed by atoms with E-state index >= 15 is 0 Å². The Bertz CT molecular complexity index is 591. The zero-order valence-electron chi connectivity index (χ0n) is 12.4. The second kappa shape index (κ2) is 7.70. The van der Waals surface area contributed by atoms with Crippen molar-refractivity contribution < 1.29 is 0 Å². The number of hydrogen-bond acceptors (Lipinski definition) is 4. The lowest BCUT2D eigenvalue weighted by Gasteiger charge is -2.10. The first-order valence-corrected chi connectivity index (χ1v) is 9.46. The molecule has 0 radical (unpaired) electrons. The third-order valence-corrected chi connectivity index (χ3v) is 6.07. The summed E-state index contributed by atoms with van der Waals surface area (Å²) in [6.07, 6.45) is 2.04. The van der Waals surface area contributed by atoms with Crippen molar-refractivity contribution in [3.63, 3.8) is 0 Å². The van der Waals surface area contributed by atoms with Crippen LogP contribution in [0.3, 0.4) is 0 Å². The first-order valence-electron chi connectivity index (χ1n) is 7.06. The van der Waals surface area contributed by atoms with Crippen molar-refractivity contribution in [3.05, 3.63) is 26.1 Å². The molecule has 0 saturated carbocycles. The van der Waals surface area contributed by atoms with E-state index in [1.807, 2.05) is 0 Å². The maximum atomic E-state index is 4.72. The Morgan fingerprint density at radius 3 is 2.57 bits per heavy atom. The highest BCUT2D eigenvalue weighted by Gasteiger charge is 2.12. The van der Waals surface area contributed by atoms with Gasteiger partial charge in [-0.25, -0.2) is 9.97 Å². The van der Waals surface area contributed by atoms with Crippen molar-refractivity contribution in [2.24, 2.45) is 5.92 Å². The monoisotopic (exact) mass is 431 g/mol. The number of thiophene rings is 1. The lowest BCUT2D eigenvalue weighted by molar-refractivity contribution is 0.635. The largest absolute Gasteiger partial charge is 0.370 e. The van der Waals surface area contributed by atoms with Crippen LogP contribution in [0.15, 0.2) is 20.4 Å². The molecule has 0 aliphatic heterocycles. The fraction of sp³-hybridized carbons (Fsp3) is 0.467. The van der Waals surface area contributed by atoms with Gasteiger partial charge in [-0.2, -0.15) is 0 Å². The summed E-state index contributed by atoms with van der Waals surface area (Å²) in [5.41, 5.74) is 1.09. The normalized spacial score (nSPS) is 11.1. The summed E-state index contributed by atoms with van der Waals surface area (Å²) in [7, 11) is 0. The van der Waals surface area contributed by atoms with E-state index in [1.165, 1.54) is 0 Å². The average Bonchev–Trinajstić information content (AvgIpc) is 2.75. The molecular weight excluding hydrogens is 414 g/mol. The molecule has 0 saturated heterocycles. The molecule has 2 aromatic heterocycles. The topological polar surface area (TPSA) is 37.8 Å². The van der Waals surface area contributed by atoms with Gasteiger partial charge in [0.05, 0.1) is 8.66 Å². The second-order valence-corrected chi connectivity index (χ2v) is 8.55. The molecule has 0 bridgehead atoms. The van der Waals surface area contributed by atoms with Crippen molar-refractivity contribution in [3.8, 4) is 10.7 Å². The van der Waals surface area contributed by atoms with Crippen molar-refractivity contribution in [2.45, 2.75) is 33.6 Å². The second-order valence-electron chi connectivity index (χ2n) is 5.33. The highest BCUT2D eigenvalue weighted by atomic mass is 79.9. The maximum Gasteiger partial charge on any atom is 0.171 e. The van der Waals surface area contributed by atoms with Crippen LogP contribution in [0, 0.1) is 5.92 Å². The van der Waals surface area contributed by atoms with Crippen LogP contribution in [-0.4, -0.2) is 16.5 Å². The van der Waals surface area contributed by atoms with Gasteiger partial charge in [0.25, 0.3) is 0 Å². The number of aromatic nitrogens is 2. The molecule has 114 valence electrons. The van der Waals surface area contributed by atoms with Gasteiger partial charge in [0.1, 0.15) is 5.82 Å². The summed E-state index contributed by atoms with van der Waals surface area (Å²) >= 11 is 8.70. The Hall–Kier alpha value is -0.460. The van der Waals surface area contributed by atoms with Crippen molar-refractivity contribution >= 4 is 49.0 Å². The third-order valence-electron chi connectivity index (χ3n) is 2.82. The highest BCUT2D eigenvalue weighted by molar-refractivity contribution is 9.13. The predicted octanol–water partition coefficient (Wildman–Crippen LogP) is 5.75. The number of anilines is 1. The SMILES string of the molecule is CCCNc1cc(CC(C)C)nc(-c2cc(Br)c(Br)s2)n1. The summed E-state index contributed by atoms with van der Waals surface area (Å²) in [4.78, 5) is 10.4. The molecule has 0 fully saturated rings. The lowest BCUT2D eigenvalue weighted by Crippen LogP contribution is -2.06. The number of halogens is 2. The zero-order chi connectivity index (χ0) is 15.4. The summed E-state index contributed by atoms with van der Waals surface area (Å²) in [5.74, 6) is 2.29. The number of rotatable bonds is 6. The Morgan fingerprint density at radius 1 is 1.24 bits per heavy atom. The van der Waals surface area contributed by atoms with Gasteiger partial charge in [0.15, 0.2) is 5.82 Å². The zero-order valence-corrected chi connectivity index (χ0v) is 16.4. The molecule has 0 aromatic carbocycles. The van der Waals surface area contributed by atoms with E-state index in [9.17, 15) is 0 Å². The summed E-state index contributed by atoms with van der Waals surface area (Å²) < 4.78 is 2.11. The molecular formula is C15H19Br2N3S. The number of nitrogens with one attached hydrogen (secondary N) is 1. The Morgan fingerprint density at radius 2 is 2.00 bits per heavy atom. The van der Waals surface area contributed by atoms with Crippen molar-refractivity contribution in [1.29, 1.82) is 0 Å². The minimum absolute atomic E-state index is 0.577. The quantitative estimate of drug-likeness (QED) is 0.631. The summed E-state index contributed by atoms with van der Waals surface area (Å²) in [5, 5.41) is 3.37. The van der Waals surface area contributed by atoms with Gasteiger partial charge in [-0.15, -0.1) is 11.3 Å². The van der Waals surface area contributed by atoms with Gasteiger partial charge in [-0.1, -0.05) is 20.8 Å². The summed E-state index contributed by atoms with van der Waals surface area (Å²) in [6.45, 7) is 7.49. The van der Waals surface area contributed by atoms with Gasteiger partial charge in [0.2, 0.25) is 0 Å². The number of nitrogens with zero attached hydrogens (tertiary/aromatic N) is 2. The molecule has 0 aliphatic rings. The van der Waals surface area contributed by atoms with Gasteiger partial charge in [-0.05, 0) is 56.7 Å². The average molecular weight is 433 g/mol. The molecule has 0 spiro atoms. The van der Waals surface area contributed by atoms with Gasteiger partial charge in [0, 0.05) is 22.8 Å². The van der Waals surface area contributed by atoms with Crippen LogP contribution >= 0.6 is 43.2 Å². The number of hydrogen-bond donors (Lipinski definition) is 1. The minimum Gasteiger partial charge on any atom is -0.370 e. The molecule has 2 aromatic rings. The molecule has 2 rings (SSSR count). The van der Waals surface area contributed by atoms with Crippen LogP contribution in [-0.2, 0) is 6.42 Å². The van der Waals surface area contributed by atoms with Gasteiger partial charge < -0.3 is 5.32 Å². The molecule has 2 heterocycles. The maximum absolute atomic E-state index is 4.72. The van der Waals surface area contributed by atoms with E-state index in [4.69, 9.17) is 4.98 Å². The molecule has 1 N–H and O–H groups in total. The molecule has 21 heavy (non-hydrogen) atoms. The van der Waals surface area contributed by atoms with E-state index < -0.39 is 0 Å². The minimum atomic E-state index is 0.577. The van der Waals surface area contributed by atoms with E-state index in [0.717, 1.165) is 49.9 Å². The van der Waals surface area contributed by atoms with E-state index in [-0.39, 0.29) is 0 Å². The van der Waals surface area contributed by atoms with Gasteiger partial charge in [-0.3, -0.25) is 0 Å². The van der Waals surface area contributed by atoms with Crippen LogP contribution in [0.25, 0.3) is 10.7 Å². The molecule has 0 atom stereocenters. The molecule has 6 heteroatoms. The first kappa shape index (κ1) is 16.9. The van der Waals surface area contributed by atoms with Crippen LogP contribution in [0.5, 0.6) is 0 Å². The standard InChI is InChI=1S/C15H19Br2N3S/c1-4-5-18-13-7-10(6-9(2)3)19-15(20-13)12-8-11(16)14(17)21-12/h7-9H,4-6H2,1-3H3,(H,18,19,20). The molecule has 0 amide bonds. The van der Waals surface area contributed by atoms with Crippen molar-refractivity contribution in [2.75, 3.05) is 11.9 Å².